The third-order valence-electron chi connectivity index (χ3n) is 4.77. The van der Waals surface area contributed by atoms with Crippen molar-refractivity contribution >= 4 is 11.6 Å². The van der Waals surface area contributed by atoms with E-state index in [1.54, 1.807) is 6.07 Å². The number of aryl methyl sites for hydroxylation is 5. The van der Waals surface area contributed by atoms with E-state index in [1.165, 1.54) is 10.7 Å². The average Bonchev–Trinajstić information content (AvgIpc) is 2.62. The van der Waals surface area contributed by atoms with Gasteiger partial charge in [-0.1, -0.05) is 35.4 Å². The quantitative estimate of drug-likeness (QED) is 0.747. The minimum atomic E-state index is -0.304. The summed E-state index contributed by atoms with van der Waals surface area (Å²) in [5.41, 5.74) is 7.44. The van der Waals surface area contributed by atoms with E-state index in [0.717, 1.165) is 39.1 Å². The smallest absolute Gasteiger partial charge is 0.267 e. The normalized spacial score (nSPS) is 10.8. The van der Waals surface area contributed by atoms with Crippen molar-refractivity contribution in [1.82, 2.24) is 9.78 Å². The van der Waals surface area contributed by atoms with Gasteiger partial charge in [-0.2, -0.15) is 5.10 Å². The topological polar surface area (TPSA) is 64.0 Å². The second kappa shape index (κ2) is 7.80. The maximum Gasteiger partial charge on any atom is 0.267 e. The maximum atomic E-state index is 12.6. The Morgan fingerprint density at radius 1 is 0.893 bits per heavy atom. The van der Waals surface area contributed by atoms with Crippen LogP contribution in [0.1, 0.15) is 27.8 Å². The lowest BCUT2D eigenvalue weighted by atomic mass is 10.0. The summed E-state index contributed by atoms with van der Waals surface area (Å²) in [5, 5.41) is 7.35. The number of hydrogen-bond acceptors (Lipinski definition) is 3. The van der Waals surface area contributed by atoms with Gasteiger partial charge in [-0.05, 0) is 63.4 Å². The Bertz CT molecular complexity index is 1090. The average molecular weight is 375 g/mol. The standard InChI is InChI=1S/C23H25N3O2/c1-14-6-7-16(3)19(12-14)20-8-9-22(28)26(25-20)13-21(27)24-23-17(4)10-15(2)11-18(23)5/h6-12H,13H2,1-5H3,(H,24,27). The number of nitrogens with zero attached hydrogens (tertiary/aromatic N) is 2. The molecule has 2 aromatic carbocycles. The number of amides is 1. The Morgan fingerprint density at radius 3 is 2.25 bits per heavy atom. The Hall–Kier alpha value is -3.21. The molecule has 0 aliphatic heterocycles. The largest absolute Gasteiger partial charge is 0.324 e. The number of carbonyl (C=O) groups is 1. The van der Waals surface area contributed by atoms with Gasteiger partial charge < -0.3 is 5.32 Å². The SMILES string of the molecule is Cc1cc(C)c(NC(=O)Cn2nc(-c3cc(C)ccc3C)ccc2=O)c(C)c1. The van der Waals surface area contributed by atoms with Crippen molar-refractivity contribution in [2.75, 3.05) is 5.32 Å². The maximum absolute atomic E-state index is 12.6. The van der Waals surface area contributed by atoms with Crippen LogP contribution >= 0.6 is 0 Å². The molecular weight excluding hydrogens is 350 g/mol. The van der Waals surface area contributed by atoms with Crippen LogP contribution in [0.15, 0.2) is 47.3 Å². The Morgan fingerprint density at radius 2 is 1.57 bits per heavy atom. The molecule has 0 unspecified atom stereocenters. The molecule has 0 saturated carbocycles. The van der Waals surface area contributed by atoms with E-state index in [-0.39, 0.29) is 18.0 Å². The van der Waals surface area contributed by atoms with Gasteiger partial charge in [-0.15, -0.1) is 0 Å². The van der Waals surface area contributed by atoms with E-state index in [0.29, 0.717) is 5.69 Å². The zero-order chi connectivity index (χ0) is 20.4. The van der Waals surface area contributed by atoms with Gasteiger partial charge in [0.25, 0.3) is 5.56 Å². The molecule has 5 nitrogen and oxygen atoms in total. The van der Waals surface area contributed by atoms with Gasteiger partial charge in [-0.25, -0.2) is 4.68 Å². The molecule has 1 amide bonds. The van der Waals surface area contributed by atoms with Crippen LogP contribution in [0.5, 0.6) is 0 Å². The molecule has 28 heavy (non-hydrogen) atoms. The molecule has 0 spiro atoms. The third-order valence-corrected chi connectivity index (χ3v) is 4.77. The van der Waals surface area contributed by atoms with Crippen molar-refractivity contribution in [2.24, 2.45) is 0 Å². The van der Waals surface area contributed by atoms with E-state index in [1.807, 2.05) is 65.0 Å². The van der Waals surface area contributed by atoms with Gasteiger partial charge in [-0.3, -0.25) is 9.59 Å². The summed E-state index contributed by atoms with van der Waals surface area (Å²) in [6.45, 7) is 9.82. The highest BCUT2D eigenvalue weighted by Crippen LogP contribution is 2.23. The molecule has 1 heterocycles. The number of benzene rings is 2. The zero-order valence-electron chi connectivity index (χ0n) is 17.0. The fourth-order valence-electron chi connectivity index (χ4n) is 3.41. The highest BCUT2D eigenvalue weighted by atomic mass is 16.2. The minimum Gasteiger partial charge on any atom is -0.324 e. The first-order chi connectivity index (χ1) is 13.2. The number of carbonyl (C=O) groups excluding carboxylic acids is 1. The fraction of sp³-hybridized carbons (Fsp3) is 0.261. The first kappa shape index (κ1) is 19.5. The van der Waals surface area contributed by atoms with Gasteiger partial charge in [0.1, 0.15) is 6.54 Å². The van der Waals surface area contributed by atoms with Crippen LogP contribution in [0.4, 0.5) is 5.69 Å². The van der Waals surface area contributed by atoms with Crippen LogP contribution in [0.3, 0.4) is 0 Å². The monoisotopic (exact) mass is 375 g/mol. The van der Waals surface area contributed by atoms with Crippen molar-refractivity contribution in [2.45, 2.75) is 41.2 Å². The van der Waals surface area contributed by atoms with Crippen molar-refractivity contribution in [1.29, 1.82) is 0 Å². The lowest BCUT2D eigenvalue weighted by molar-refractivity contribution is -0.117. The summed E-state index contributed by atoms with van der Waals surface area (Å²) in [5.74, 6) is -0.275. The highest BCUT2D eigenvalue weighted by molar-refractivity contribution is 5.92. The second-order valence-corrected chi connectivity index (χ2v) is 7.35. The van der Waals surface area contributed by atoms with Crippen LogP contribution in [-0.4, -0.2) is 15.7 Å². The Labute approximate surface area is 165 Å². The number of nitrogens with one attached hydrogen (secondary N) is 1. The Kier molecular flexibility index (Phi) is 5.45. The highest BCUT2D eigenvalue weighted by Gasteiger charge is 2.12. The summed E-state index contributed by atoms with van der Waals surface area (Å²) < 4.78 is 1.21. The van der Waals surface area contributed by atoms with Crippen molar-refractivity contribution in [3.05, 3.63) is 80.6 Å². The van der Waals surface area contributed by atoms with Crippen LogP contribution in [0.25, 0.3) is 11.3 Å². The molecular formula is C23H25N3O2. The fourth-order valence-corrected chi connectivity index (χ4v) is 3.41. The second-order valence-electron chi connectivity index (χ2n) is 7.35. The number of anilines is 1. The molecule has 0 bridgehead atoms. The molecule has 5 heteroatoms. The molecule has 3 aromatic rings. The lowest BCUT2D eigenvalue weighted by Gasteiger charge is -2.14. The summed E-state index contributed by atoms with van der Waals surface area (Å²) in [6, 6.07) is 13.3. The summed E-state index contributed by atoms with van der Waals surface area (Å²) >= 11 is 0. The molecule has 1 aromatic heterocycles. The number of rotatable bonds is 4. The van der Waals surface area contributed by atoms with Gasteiger partial charge >= 0.3 is 0 Å². The molecule has 0 atom stereocenters. The first-order valence-electron chi connectivity index (χ1n) is 9.28. The van der Waals surface area contributed by atoms with Crippen molar-refractivity contribution in [3.8, 4) is 11.3 Å². The number of hydrogen-bond donors (Lipinski definition) is 1. The van der Waals surface area contributed by atoms with Crippen LogP contribution < -0.4 is 10.9 Å². The van der Waals surface area contributed by atoms with Gasteiger partial charge in [0.2, 0.25) is 5.91 Å². The molecule has 0 aliphatic carbocycles. The predicted molar refractivity (Wildman–Crippen MR) is 113 cm³/mol. The number of aromatic nitrogens is 2. The first-order valence-corrected chi connectivity index (χ1v) is 9.28. The molecule has 1 N–H and O–H groups in total. The minimum absolute atomic E-state index is 0.135. The summed E-state index contributed by atoms with van der Waals surface area (Å²) in [4.78, 5) is 24.8. The summed E-state index contributed by atoms with van der Waals surface area (Å²) in [7, 11) is 0. The van der Waals surface area contributed by atoms with E-state index in [2.05, 4.69) is 10.4 Å². The lowest BCUT2D eigenvalue weighted by Crippen LogP contribution is -2.29. The van der Waals surface area contributed by atoms with Gasteiger partial charge in [0.05, 0.1) is 5.69 Å². The van der Waals surface area contributed by atoms with Gasteiger partial charge in [0.15, 0.2) is 0 Å². The molecule has 0 radical (unpaired) electrons. The van der Waals surface area contributed by atoms with Gasteiger partial charge in [0, 0.05) is 17.3 Å². The molecule has 0 saturated heterocycles. The third kappa shape index (κ3) is 4.19. The molecule has 0 aliphatic rings. The molecule has 144 valence electrons. The van der Waals surface area contributed by atoms with Crippen molar-refractivity contribution in [3.63, 3.8) is 0 Å². The predicted octanol–water partition coefficient (Wildman–Crippen LogP) is 4.09. The summed E-state index contributed by atoms with van der Waals surface area (Å²) in [6.07, 6.45) is 0. The van der Waals surface area contributed by atoms with E-state index in [9.17, 15) is 9.59 Å². The van der Waals surface area contributed by atoms with E-state index in [4.69, 9.17) is 0 Å². The molecule has 3 rings (SSSR count). The van der Waals surface area contributed by atoms with E-state index >= 15 is 0 Å². The van der Waals surface area contributed by atoms with E-state index < -0.39 is 0 Å². The molecule has 0 fully saturated rings. The van der Waals surface area contributed by atoms with Crippen LogP contribution in [-0.2, 0) is 11.3 Å². The van der Waals surface area contributed by atoms with Crippen LogP contribution in [0.2, 0.25) is 0 Å². The van der Waals surface area contributed by atoms with Crippen LogP contribution in [0, 0.1) is 34.6 Å². The Balaban J connectivity index is 1.88. The van der Waals surface area contributed by atoms with Crippen molar-refractivity contribution < 1.29 is 4.79 Å². The zero-order valence-corrected chi connectivity index (χ0v) is 17.0.